The van der Waals surface area contributed by atoms with Crippen molar-refractivity contribution < 1.29 is 28.7 Å². The van der Waals surface area contributed by atoms with Crippen LogP contribution in [0, 0.1) is 10.1 Å². The minimum absolute atomic E-state index is 0.0399. The zero-order chi connectivity index (χ0) is 21.4. The number of nitrogens with zero attached hydrogens (tertiary/aromatic N) is 1. The van der Waals surface area contributed by atoms with Gasteiger partial charge in [-0.1, -0.05) is 0 Å². The van der Waals surface area contributed by atoms with Gasteiger partial charge in [-0.2, -0.15) is 0 Å². The molecule has 9 heteroatoms. The van der Waals surface area contributed by atoms with Gasteiger partial charge in [-0.3, -0.25) is 10.1 Å². The Kier molecular flexibility index (Phi) is 7.81. The Hall–Kier alpha value is -2.84. The standard InChI is InChI=1S/C20H28N2O7/c1-20(2,3)29-19(24)21-17(18(23)28-16-6-4-5-7-16)12-13-27-15-10-8-14(9-11-15)22(25)26/h8-11,16-17H,4-7,12-13H2,1-3H3,(H,21,24)/t17-/m0/s1. The van der Waals surface area contributed by atoms with Gasteiger partial charge in [0, 0.05) is 18.6 Å². The summed E-state index contributed by atoms with van der Waals surface area (Å²) in [5.41, 5.74) is -0.735. The van der Waals surface area contributed by atoms with Crippen LogP contribution < -0.4 is 10.1 Å². The van der Waals surface area contributed by atoms with E-state index < -0.39 is 28.6 Å². The van der Waals surface area contributed by atoms with Gasteiger partial charge in [0.05, 0.1) is 11.5 Å². The molecule has 9 nitrogen and oxygen atoms in total. The lowest BCUT2D eigenvalue weighted by atomic mass is 10.2. The number of hydrogen-bond donors (Lipinski definition) is 1. The van der Waals surface area contributed by atoms with E-state index in [0.717, 1.165) is 25.7 Å². The predicted molar refractivity (Wildman–Crippen MR) is 105 cm³/mol. The quantitative estimate of drug-likeness (QED) is 0.395. The van der Waals surface area contributed by atoms with Crippen LogP contribution in [0.15, 0.2) is 24.3 Å². The van der Waals surface area contributed by atoms with Crippen molar-refractivity contribution in [2.75, 3.05) is 6.61 Å². The van der Waals surface area contributed by atoms with Crippen molar-refractivity contribution in [1.82, 2.24) is 5.32 Å². The number of carbonyl (C=O) groups excluding carboxylic acids is 2. The molecule has 1 amide bonds. The molecule has 0 unspecified atom stereocenters. The lowest BCUT2D eigenvalue weighted by Gasteiger charge is -2.24. The van der Waals surface area contributed by atoms with Crippen LogP contribution >= 0.6 is 0 Å². The first-order valence-electron chi connectivity index (χ1n) is 9.71. The fourth-order valence-corrected chi connectivity index (χ4v) is 2.91. The van der Waals surface area contributed by atoms with Crippen LogP contribution in [0.5, 0.6) is 5.75 Å². The first kappa shape index (κ1) is 22.4. The van der Waals surface area contributed by atoms with Gasteiger partial charge in [-0.05, 0) is 58.6 Å². The Labute approximate surface area is 169 Å². The third kappa shape index (κ3) is 7.97. The predicted octanol–water partition coefficient (Wildman–Crippen LogP) is 3.74. The number of nitro groups is 1. The molecule has 1 saturated carbocycles. The van der Waals surface area contributed by atoms with Crippen molar-refractivity contribution in [1.29, 1.82) is 0 Å². The number of nitrogens with one attached hydrogen (secondary N) is 1. The number of alkyl carbamates (subject to hydrolysis) is 1. The Morgan fingerprint density at radius 1 is 1.21 bits per heavy atom. The number of amides is 1. The molecule has 0 spiro atoms. The maximum Gasteiger partial charge on any atom is 0.408 e. The van der Waals surface area contributed by atoms with Crippen molar-refractivity contribution in [3.63, 3.8) is 0 Å². The van der Waals surface area contributed by atoms with Crippen LogP contribution in [0.2, 0.25) is 0 Å². The van der Waals surface area contributed by atoms with Crippen molar-refractivity contribution >= 4 is 17.7 Å². The lowest BCUT2D eigenvalue weighted by Crippen LogP contribution is -2.45. The molecule has 1 aliphatic rings. The highest BCUT2D eigenvalue weighted by Gasteiger charge is 2.28. The molecule has 0 saturated heterocycles. The summed E-state index contributed by atoms with van der Waals surface area (Å²) in [5, 5.41) is 13.2. The van der Waals surface area contributed by atoms with Gasteiger partial charge < -0.3 is 19.5 Å². The highest BCUT2D eigenvalue weighted by Crippen LogP contribution is 2.22. The van der Waals surface area contributed by atoms with Gasteiger partial charge in [0.25, 0.3) is 5.69 Å². The Balaban J connectivity index is 1.93. The average Bonchev–Trinajstić information content (AvgIpc) is 3.12. The number of rotatable bonds is 8. The summed E-state index contributed by atoms with van der Waals surface area (Å²) in [7, 11) is 0. The van der Waals surface area contributed by atoms with Crippen LogP contribution in [0.4, 0.5) is 10.5 Å². The topological polar surface area (TPSA) is 117 Å². The second-order valence-electron chi connectivity index (χ2n) is 7.93. The second kappa shape index (κ2) is 10.1. The Morgan fingerprint density at radius 2 is 1.83 bits per heavy atom. The van der Waals surface area contributed by atoms with E-state index in [2.05, 4.69) is 5.32 Å². The zero-order valence-corrected chi connectivity index (χ0v) is 17.0. The molecule has 1 N–H and O–H groups in total. The van der Waals surface area contributed by atoms with Crippen LogP contribution in [-0.4, -0.2) is 41.3 Å². The SMILES string of the molecule is CC(C)(C)OC(=O)N[C@@H](CCOc1ccc([N+](=O)[O-])cc1)C(=O)OC1CCCC1. The van der Waals surface area contributed by atoms with E-state index in [1.165, 1.54) is 24.3 Å². The third-order valence-electron chi connectivity index (χ3n) is 4.28. The van der Waals surface area contributed by atoms with E-state index in [0.29, 0.717) is 5.75 Å². The lowest BCUT2D eigenvalue weighted by molar-refractivity contribution is -0.384. The molecule has 29 heavy (non-hydrogen) atoms. The summed E-state index contributed by atoms with van der Waals surface area (Å²) < 4.78 is 16.3. The van der Waals surface area contributed by atoms with Gasteiger partial charge in [-0.15, -0.1) is 0 Å². The number of non-ortho nitro benzene ring substituents is 1. The van der Waals surface area contributed by atoms with Gasteiger partial charge in [-0.25, -0.2) is 9.59 Å². The average molecular weight is 408 g/mol. The Morgan fingerprint density at radius 3 is 2.38 bits per heavy atom. The summed E-state index contributed by atoms with van der Waals surface area (Å²) >= 11 is 0. The molecule has 1 aliphatic carbocycles. The Bertz CT molecular complexity index is 707. The van der Waals surface area contributed by atoms with E-state index >= 15 is 0 Å². The smallest absolute Gasteiger partial charge is 0.408 e. The summed E-state index contributed by atoms with van der Waals surface area (Å²) in [6.45, 7) is 5.31. The number of ether oxygens (including phenoxy) is 3. The molecule has 0 aliphatic heterocycles. The third-order valence-corrected chi connectivity index (χ3v) is 4.28. The van der Waals surface area contributed by atoms with Crippen molar-refractivity contribution in [2.24, 2.45) is 0 Å². The second-order valence-corrected chi connectivity index (χ2v) is 7.93. The zero-order valence-electron chi connectivity index (χ0n) is 17.0. The maximum absolute atomic E-state index is 12.5. The van der Waals surface area contributed by atoms with Crippen molar-refractivity contribution in [2.45, 2.75) is 70.6 Å². The molecule has 0 aromatic heterocycles. The number of esters is 1. The molecule has 1 fully saturated rings. The normalized spacial score (nSPS) is 15.4. The molecule has 0 radical (unpaired) electrons. The van der Waals surface area contributed by atoms with Crippen molar-refractivity contribution in [3.05, 3.63) is 34.4 Å². The van der Waals surface area contributed by atoms with E-state index in [9.17, 15) is 19.7 Å². The van der Waals surface area contributed by atoms with E-state index in [4.69, 9.17) is 14.2 Å². The van der Waals surface area contributed by atoms with E-state index in [1.807, 2.05) is 0 Å². The van der Waals surface area contributed by atoms with Gasteiger partial charge >= 0.3 is 12.1 Å². The number of nitro benzene ring substituents is 1. The van der Waals surface area contributed by atoms with Crippen LogP contribution in [0.3, 0.4) is 0 Å². The fourth-order valence-electron chi connectivity index (χ4n) is 2.91. The van der Waals surface area contributed by atoms with Gasteiger partial charge in [0.15, 0.2) is 0 Å². The van der Waals surface area contributed by atoms with Crippen LogP contribution in [0.25, 0.3) is 0 Å². The van der Waals surface area contributed by atoms with Crippen LogP contribution in [-0.2, 0) is 14.3 Å². The maximum atomic E-state index is 12.5. The summed E-state index contributed by atoms with van der Waals surface area (Å²) in [6.07, 6.45) is 3.02. The number of carbonyl (C=O) groups is 2. The summed E-state index contributed by atoms with van der Waals surface area (Å²) in [4.78, 5) is 34.8. The molecule has 2 rings (SSSR count). The molecule has 160 valence electrons. The summed E-state index contributed by atoms with van der Waals surface area (Å²) in [5.74, 6) is -0.0918. The molecular weight excluding hydrogens is 380 g/mol. The first-order valence-corrected chi connectivity index (χ1v) is 9.71. The number of benzene rings is 1. The molecule has 1 atom stereocenters. The van der Waals surface area contributed by atoms with Gasteiger partial charge in [0.2, 0.25) is 0 Å². The largest absolute Gasteiger partial charge is 0.493 e. The fraction of sp³-hybridized carbons (Fsp3) is 0.600. The molecule has 1 aromatic carbocycles. The number of hydrogen-bond acceptors (Lipinski definition) is 7. The first-order chi connectivity index (χ1) is 13.6. The van der Waals surface area contributed by atoms with E-state index in [-0.39, 0.29) is 24.8 Å². The van der Waals surface area contributed by atoms with Crippen LogP contribution in [0.1, 0.15) is 52.9 Å². The van der Waals surface area contributed by atoms with Crippen molar-refractivity contribution in [3.8, 4) is 5.75 Å². The molecule has 0 heterocycles. The molecule has 0 bridgehead atoms. The molecule has 1 aromatic rings. The highest BCUT2D eigenvalue weighted by molar-refractivity contribution is 5.81. The minimum atomic E-state index is -0.913. The van der Waals surface area contributed by atoms with Gasteiger partial charge in [0.1, 0.15) is 23.5 Å². The summed E-state index contributed by atoms with van der Waals surface area (Å²) in [6, 6.07) is 4.71. The van der Waals surface area contributed by atoms with E-state index in [1.54, 1.807) is 20.8 Å². The monoisotopic (exact) mass is 408 g/mol. The minimum Gasteiger partial charge on any atom is -0.493 e. The highest BCUT2D eigenvalue weighted by atomic mass is 16.6. The molecular formula is C20H28N2O7.